The summed E-state index contributed by atoms with van der Waals surface area (Å²) in [6, 6.07) is 11.1. The minimum atomic E-state index is -0.526. The highest BCUT2D eigenvalue weighted by atomic mass is 19.1. The van der Waals surface area contributed by atoms with E-state index in [4.69, 9.17) is 9.47 Å². The molecule has 146 valence electrons. The molecule has 0 bridgehead atoms. The molecule has 27 heavy (non-hydrogen) atoms. The Balaban J connectivity index is 1.96. The number of amides is 1. The van der Waals surface area contributed by atoms with Crippen LogP contribution >= 0.6 is 0 Å². The Hall–Kier alpha value is -2.76. The van der Waals surface area contributed by atoms with Gasteiger partial charge in [0.1, 0.15) is 6.04 Å². The zero-order valence-electron chi connectivity index (χ0n) is 16.0. The molecule has 2 aromatic carbocycles. The van der Waals surface area contributed by atoms with Crippen molar-refractivity contribution in [2.24, 2.45) is 0 Å². The van der Waals surface area contributed by atoms with Gasteiger partial charge in [-0.3, -0.25) is 4.79 Å². The van der Waals surface area contributed by atoms with Crippen molar-refractivity contribution in [1.29, 1.82) is 0 Å². The number of anilines is 1. The number of para-hydroxylation sites is 2. The van der Waals surface area contributed by atoms with Crippen molar-refractivity contribution >= 4 is 11.6 Å². The predicted molar refractivity (Wildman–Crippen MR) is 105 cm³/mol. The van der Waals surface area contributed by atoms with E-state index >= 15 is 0 Å². The van der Waals surface area contributed by atoms with E-state index in [0.29, 0.717) is 23.7 Å². The molecule has 0 fully saturated rings. The minimum Gasteiger partial charge on any atom is -0.493 e. The molecule has 0 aliphatic carbocycles. The van der Waals surface area contributed by atoms with Crippen LogP contribution in [0.2, 0.25) is 0 Å². The lowest BCUT2D eigenvalue weighted by Gasteiger charge is -2.16. The van der Waals surface area contributed by atoms with Crippen LogP contribution < -0.4 is 20.1 Å². The monoisotopic (exact) mass is 374 g/mol. The molecule has 0 heterocycles. The van der Waals surface area contributed by atoms with E-state index in [1.807, 2.05) is 6.07 Å². The van der Waals surface area contributed by atoms with Gasteiger partial charge in [0.2, 0.25) is 5.91 Å². The van der Waals surface area contributed by atoms with Crippen molar-refractivity contribution in [3.63, 3.8) is 0 Å². The molecule has 2 aromatic rings. The van der Waals surface area contributed by atoms with Crippen LogP contribution in [-0.4, -0.2) is 25.6 Å². The molecular weight excluding hydrogens is 347 g/mol. The SMILES string of the molecule is CCCCCNC(=O)C(C)Nc1ccc(Oc2ccccc2OC)c(F)c1. The molecule has 0 saturated heterocycles. The third-order valence-corrected chi connectivity index (χ3v) is 4.08. The van der Waals surface area contributed by atoms with Gasteiger partial charge in [-0.15, -0.1) is 0 Å². The highest BCUT2D eigenvalue weighted by molar-refractivity contribution is 5.84. The lowest BCUT2D eigenvalue weighted by Crippen LogP contribution is -2.38. The molecule has 0 radical (unpaired) electrons. The summed E-state index contributed by atoms with van der Waals surface area (Å²) in [5.74, 6) is 0.399. The van der Waals surface area contributed by atoms with E-state index in [1.54, 1.807) is 31.2 Å². The van der Waals surface area contributed by atoms with Crippen LogP contribution in [0, 0.1) is 5.82 Å². The number of carbonyl (C=O) groups is 1. The normalized spacial score (nSPS) is 11.6. The fraction of sp³-hybridized carbons (Fsp3) is 0.381. The Kier molecular flexibility index (Phi) is 7.92. The number of hydrogen-bond acceptors (Lipinski definition) is 4. The largest absolute Gasteiger partial charge is 0.493 e. The third-order valence-electron chi connectivity index (χ3n) is 4.08. The fourth-order valence-corrected chi connectivity index (χ4v) is 2.55. The highest BCUT2D eigenvalue weighted by Crippen LogP contribution is 2.33. The van der Waals surface area contributed by atoms with Crippen LogP contribution in [0.4, 0.5) is 10.1 Å². The lowest BCUT2D eigenvalue weighted by atomic mass is 10.2. The van der Waals surface area contributed by atoms with Crippen molar-refractivity contribution in [3.8, 4) is 17.2 Å². The number of hydrogen-bond donors (Lipinski definition) is 2. The number of benzene rings is 2. The number of nitrogens with one attached hydrogen (secondary N) is 2. The molecule has 2 rings (SSSR count). The van der Waals surface area contributed by atoms with Gasteiger partial charge >= 0.3 is 0 Å². The van der Waals surface area contributed by atoms with Crippen LogP contribution in [0.3, 0.4) is 0 Å². The van der Waals surface area contributed by atoms with Crippen LogP contribution in [0.1, 0.15) is 33.1 Å². The molecule has 0 aliphatic rings. The Labute approximate surface area is 159 Å². The first-order chi connectivity index (χ1) is 13.0. The Bertz CT molecular complexity index is 752. The van der Waals surface area contributed by atoms with Gasteiger partial charge in [0.15, 0.2) is 23.1 Å². The van der Waals surface area contributed by atoms with Gasteiger partial charge in [-0.25, -0.2) is 4.39 Å². The molecule has 2 N–H and O–H groups in total. The molecule has 0 saturated carbocycles. The summed E-state index contributed by atoms with van der Waals surface area (Å²) in [6.07, 6.45) is 3.14. The maximum Gasteiger partial charge on any atom is 0.242 e. The molecule has 0 aromatic heterocycles. The second kappa shape index (κ2) is 10.4. The molecule has 1 amide bonds. The van der Waals surface area contributed by atoms with Crippen LogP contribution in [0.25, 0.3) is 0 Å². The van der Waals surface area contributed by atoms with Crippen LogP contribution in [0.5, 0.6) is 17.2 Å². The van der Waals surface area contributed by atoms with Crippen LogP contribution in [-0.2, 0) is 4.79 Å². The second-order valence-corrected chi connectivity index (χ2v) is 6.26. The van der Waals surface area contributed by atoms with Gasteiger partial charge in [0.05, 0.1) is 7.11 Å². The summed E-state index contributed by atoms with van der Waals surface area (Å²) >= 11 is 0. The molecular formula is C21H27FN2O3. The molecule has 1 unspecified atom stereocenters. The fourth-order valence-electron chi connectivity index (χ4n) is 2.55. The first-order valence-electron chi connectivity index (χ1n) is 9.19. The van der Waals surface area contributed by atoms with E-state index in [-0.39, 0.29) is 11.7 Å². The number of carbonyl (C=O) groups excluding carboxylic acids is 1. The smallest absolute Gasteiger partial charge is 0.242 e. The zero-order chi connectivity index (χ0) is 19.6. The van der Waals surface area contributed by atoms with E-state index < -0.39 is 11.9 Å². The maximum atomic E-state index is 14.4. The summed E-state index contributed by atoms with van der Waals surface area (Å²) in [7, 11) is 1.53. The second-order valence-electron chi connectivity index (χ2n) is 6.26. The van der Waals surface area contributed by atoms with Crippen molar-refractivity contribution in [1.82, 2.24) is 5.32 Å². The van der Waals surface area contributed by atoms with Gasteiger partial charge in [-0.2, -0.15) is 0 Å². The average molecular weight is 374 g/mol. The molecule has 5 nitrogen and oxygen atoms in total. The Morgan fingerprint density at radius 1 is 1.11 bits per heavy atom. The number of unbranched alkanes of at least 4 members (excludes halogenated alkanes) is 2. The van der Waals surface area contributed by atoms with Crippen molar-refractivity contribution in [2.75, 3.05) is 19.0 Å². The molecule has 0 aliphatic heterocycles. The van der Waals surface area contributed by atoms with Crippen molar-refractivity contribution in [2.45, 2.75) is 39.2 Å². The topological polar surface area (TPSA) is 59.6 Å². The number of halogens is 1. The number of rotatable bonds is 10. The van der Waals surface area contributed by atoms with E-state index in [0.717, 1.165) is 19.3 Å². The molecule has 0 spiro atoms. The van der Waals surface area contributed by atoms with Crippen LogP contribution in [0.15, 0.2) is 42.5 Å². The zero-order valence-corrected chi connectivity index (χ0v) is 16.0. The van der Waals surface area contributed by atoms with Gasteiger partial charge < -0.3 is 20.1 Å². The summed E-state index contributed by atoms with van der Waals surface area (Å²) in [5.41, 5.74) is 0.510. The predicted octanol–water partition coefficient (Wildman–Crippen LogP) is 4.73. The number of methoxy groups -OCH3 is 1. The first kappa shape index (κ1) is 20.6. The Morgan fingerprint density at radius 2 is 1.85 bits per heavy atom. The van der Waals surface area contributed by atoms with Gasteiger partial charge in [-0.1, -0.05) is 31.9 Å². The standard InChI is InChI=1S/C21H27FN2O3/c1-4-5-8-13-23-21(25)15(2)24-16-11-12-18(17(22)14-16)27-20-10-7-6-9-19(20)26-3/h6-7,9-12,14-15,24H,4-5,8,13H2,1-3H3,(H,23,25). The third kappa shape index (κ3) is 6.16. The van der Waals surface area contributed by atoms with Crippen molar-refractivity contribution in [3.05, 3.63) is 48.3 Å². The summed E-state index contributed by atoms with van der Waals surface area (Å²) < 4.78 is 25.2. The Morgan fingerprint density at radius 3 is 2.52 bits per heavy atom. The average Bonchev–Trinajstić information content (AvgIpc) is 2.67. The van der Waals surface area contributed by atoms with Gasteiger partial charge in [0, 0.05) is 18.3 Å². The maximum absolute atomic E-state index is 14.4. The molecule has 1 atom stereocenters. The first-order valence-corrected chi connectivity index (χ1v) is 9.19. The summed E-state index contributed by atoms with van der Waals surface area (Å²) in [6.45, 7) is 4.51. The quantitative estimate of drug-likeness (QED) is 0.590. The van der Waals surface area contributed by atoms with E-state index in [2.05, 4.69) is 17.6 Å². The number of ether oxygens (including phenoxy) is 2. The van der Waals surface area contributed by atoms with E-state index in [1.165, 1.54) is 19.2 Å². The highest BCUT2D eigenvalue weighted by Gasteiger charge is 2.14. The van der Waals surface area contributed by atoms with Crippen molar-refractivity contribution < 1.29 is 18.7 Å². The lowest BCUT2D eigenvalue weighted by molar-refractivity contribution is -0.121. The van der Waals surface area contributed by atoms with Gasteiger partial charge in [0.25, 0.3) is 0 Å². The minimum absolute atomic E-state index is 0.0849. The van der Waals surface area contributed by atoms with Gasteiger partial charge in [-0.05, 0) is 37.6 Å². The molecule has 6 heteroatoms. The summed E-state index contributed by atoms with van der Waals surface area (Å²) in [4.78, 5) is 12.1. The van der Waals surface area contributed by atoms with E-state index in [9.17, 15) is 9.18 Å². The summed E-state index contributed by atoms with van der Waals surface area (Å²) in [5, 5.41) is 5.88.